The number of methoxy groups -OCH3 is 1. The molecule has 0 spiro atoms. The minimum Gasteiger partial charge on any atom is -0.497 e. The van der Waals surface area contributed by atoms with Crippen molar-refractivity contribution in [2.75, 3.05) is 13.7 Å². The van der Waals surface area contributed by atoms with Crippen LogP contribution in [0.15, 0.2) is 53.7 Å². The Balaban J connectivity index is 0.00000408. The number of rotatable bonds is 10. The standard InChI is InChI=1S/C23H31N3O6S.ClH/c1-3-32-20-8-6-18(7-9-20)23(22(27)26-28,25-16-17-5-4-14-24-15-17)33(29,30)21-12-10-19(31-2)11-13-21;/h4-5,10-15,18,20,25,28H,3,6-9,16H2,1-2H3,(H,26,27);1H/t18-,20-,23-;/m1./s1. The molecule has 34 heavy (non-hydrogen) atoms. The van der Waals surface area contributed by atoms with Crippen LogP contribution < -0.4 is 15.5 Å². The molecular formula is C23H32ClN3O6S. The minimum atomic E-state index is -4.30. The molecule has 1 aromatic heterocycles. The average molecular weight is 514 g/mol. The van der Waals surface area contributed by atoms with E-state index in [-0.39, 0.29) is 30.0 Å². The molecule has 0 bridgehead atoms. The molecule has 3 rings (SSSR count). The number of aromatic nitrogens is 1. The zero-order valence-electron chi connectivity index (χ0n) is 19.3. The Labute approximate surface area is 206 Å². The van der Waals surface area contributed by atoms with E-state index in [1.54, 1.807) is 30.0 Å². The van der Waals surface area contributed by atoms with Crippen molar-refractivity contribution in [3.05, 3.63) is 54.4 Å². The van der Waals surface area contributed by atoms with Gasteiger partial charge in [-0.15, -0.1) is 12.4 Å². The van der Waals surface area contributed by atoms with Gasteiger partial charge in [0.15, 0.2) is 0 Å². The van der Waals surface area contributed by atoms with E-state index in [2.05, 4.69) is 10.3 Å². The summed E-state index contributed by atoms with van der Waals surface area (Å²) < 4.78 is 39.0. The van der Waals surface area contributed by atoms with Crippen LogP contribution in [0.4, 0.5) is 0 Å². The van der Waals surface area contributed by atoms with Crippen molar-refractivity contribution in [2.45, 2.75) is 55.0 Å². The van der Waals surface area contributed by atoms with E-state index >= 15 is 0 Å². The van der Waals surface area contributed by atoms with Gasteiger partial charge in [-0.05, 0) is 68.5 Å². The number of nitrogens with one attached hydrogen (secondary N) is 2. The molecule has 0 saturated heterocycles. The van der Waals surface area contributed by atoms with Crippen LogP contribution in [-0.2, 0) is 25.9 Å². The summed E-state index contributed by atoms with van der Waals surface area (Å²) in [6.45, 7) is 2.56. The quantitative estimate of drug-likeness (QED) is 0.327. The first-order valence-electron chi connectivity index (χ1n) is 11.0. The lowest BCUT2D eigenvalue weighted by atomic mass is 9.81. The number of hydrogen-bond acceptors (Lipinski definition) is 8. The summed E-state index contributed by atoms with van der Waals surface area (Å²) in [6.07, 6.45) is 5.34. The van der Waals surface area contributed by atoms with E-state index in [0.29, 0.717) is 43.6 Å². The third-order valence-electron chi connectivity index (χ3n) is 6.16. The number of hydroxylamine groups is 1. The maximum atomic E-state index is 14.1. The number of hydrogen-bond donors (Lipinski definition) is 3. The summed E-state index contributed by atoms with van der Waals surface area (Å²) in [4.78, 5) is 15.2. The van der Waals surface area contributed by atoms with Gasteiger partial charge in [-0.1, -0.05) is 6.07 Å². The largest absolute Gasteiger partial charge is 0.497 e. The normalized spacial score (nSPS) is 20.0. The van der Waals surface area contributed by atoms with E-state index in [0.717, 1.165) is 0 Å². The highest BCUT2D eigenvalue weighted by atomic mass is 35.5. The molecule has 1 atom stereocenters. The number of carbonyl (C=O) groups is 1. The van der Waals surface area contributed by atoms with Crippen LogP contribution >= 0.6 is 12.4 Å². The molecular weight excluding hydrogens is 482 g/mol. The molecule has 1 amide bonds. The number of halogens is 1. The number of sulfone groups is 1. The van der Waals surface area contributed by atoms with Crippen LogP contribution in [0.1, 0.15) is 38.2 Å². The van der Waals surface area contributed by atoms with Crippen molar-refractivity contribution in [3.8, 4) is 5.75 Å². The molecule has 0 aliphatic heterocycles. The number of amides is 1. The van der Waals surface area contributed by atoms with Gasteiger partial charge >= 0.3 is 0 Å². The van der Waals surface area contributed by atoms with Crippen molar-refractivity contribution in [1.82, 2.24) is 15.8 Å². The maximum absolute atomic E-state index is 14.1. The summed E-state index contributed by atoms with van der Waals surface area (Å²) >= 11 is 0. The maximum Gasteiger partial charge on any atom is 0.280 e. The van der Waals surface area contributed by atoms with Crippen LogP contribution in [0.2, 0.25) is 0 Å². The fourth-order valence-corrected chi connectivity index (χ4v) is 6.57. The molecule has 1 aromatic carbocycles. The van der Waals surface area contributed by atoms with Gasteiger partial charge in [0.2, 0.25) is 14.7 Å². The number of ether oxygens (including phenoxy) is 2. The van der Waals surface area contributed by atoms with Crippen molar-refractivity contribution in [2.24, 2.45) is 5.92 Å². The molecule has 9 nitrogen and oxygen atoms in total. The Kier molecular flexibility index (Phi) is 10.3. The summed E-state index contributed by atoms with van der Waals surface area (Å²) in [5.74, 6) is -1.11. The topological polar surface area (TPSA) is 127 Å². The summed E-state index contributed by atoms with van der Waals surface area (Å²) in [6, 6.07) is 9.39. The van der Waals surface area contributed by atoms with E-state index in [1.807, 2.05) is 6.92 Å². The number of nitrogens with zero attached hydrogens (tertiary/aromatic N) is 1. The van der Waals surface area contributed by atoms with Crippen LogP contribution in [0.25, 0.3) is 0 Å². The molecule has 2 aromatic rings. The highest BCUT2D eigenvalue weighted by Crippen LogP contribution is 2.40. The van der Waals surface area contributed by atoms with Crippen molar-refractivity contribution >= 4 is 28.2 Å². The lowest BCUT2D eigenvalue weighted by Crippen LogP contribution is -2.66. The molecule has 1 aliphatic rings. The molecule has 1 heterocycles. The fraction of sp³-hybridized carbons (Fsp3) is 0.478. The number of pyridine rings is 1. The lowest BCUT2D eigenvalue weighted by molar-refractivity contribution is -0.135. The first-order chi connectivity index (χ1) is 15.9. The Morgan fingerprint density at radius 2 is 1.85 bits per heavy atom. The third-order valence-corrected chi connectivity index (χ3v) is 8.57. The van der Waals surface area contributed by atoms with Gasteiger partial charge in [-0.25, -0.2) is 13.9 Å². The Hall–Kier alpha value is -2.24. The predicted molar refractivity (Wildman–Crippen MR) is 129 cm³/mol. The molecule has 1 aliphatic carbocycles. The second-order valence-corrected chi connectivity index (χ2v) is 10.1. The second kappa shape index (κ2) is 12.5. The van der Waals surface area contributed by atoms with Gasteiger partial charge in [0.25, 0.3) is 5.91 Å². The zero-order valence-corrected chi connectivity index (χ0v) is 20.9. The van der Waals surface area contributed by atoms with Gasteiger partial charge in [-0.3, -0.25) is 20.3 Å². The predicted octanol–water partition coefficient (Wildman–Crippen LogP) is 2.87. The molecule has 11 heteroatoms. The molecule has 1 saturated carbocycles. The van der Waals surface area contributed by atoms with Gasteiger partial charge in [0.05, 0.1) is 18.1 Å². The number of benzene rings is 1. The summed E-state index contributed by atoms with van der Waals surface area (Å²) in [5.41, 5.74) is 2.33. The van der Waals surface area contributed by atoms with Gasteiger partial charge in [0, 0.05) is 31.5 Å². The van der Waals surface area contributed by atoms with Crippen LogP contribution in [0, 0.1) is 5.92 Å². The Morgan fingerprint density at radius 1 is 1.18 bits per heavy atom. The minimum absolute atomic E-state index is 0. The molecule has 1 fully saturated rings. The van der Waals surface area contributed by atoms with E-state index in [4.69, 9.17) is 9.47 Å². The highest BCUT2D eigenvalue weighted by molar-refractivity contribution is 7.93. The average Bonchev–Trinajstić information content (AvgIpc) is 2.85. The third kappa shape index (κ3) is 5.69. The van der Waals surface area contributed by atoms with Crippen LogP contribution in [0.3, 0.4) is 0 Å². The zero-order chi connectivity index (χ0) is 23.9. The highest BCUT2D eigenvalue weighted by Gasteiger charge is 2.57. The molecule has 0 radical (unpaired) electrons. The van der Waals surface area contributed by atoms with Crippen molar-refractivity contribution < 1.29 is 27.9 Å². The molecule has 3 N–H and O–H groups in total. The van der Waals surface area contributed by atoms with E-state index < -0.39 is 26.5 Å². The monoisotopic (exact) mass is 513 g/mol. The van der Waals surface area contributed by atoms with Crippen molar-refractivity contribution in [3.63, 3.8) is 0 Å². The smallest absolute Gasteiger partial charge is 0.280 e. The summed E-state index contributed by atoms with van der Waals surface area (Å²) in [7, 11) is -2.81. The van der Waals surface area contributed by atoms with Gasteiger partial charge < -0.3 is 9.47 Å². The first kappa shape index (κ1) is 28.0. The second-order valence-electron chi connectivity index (χ2n) is 8.00. The van der Waals surface area contributed by atoms with Gasteiger partial charge in [-0.2, -0.15) is 0 Å². The van der Waals surface area contributed by atoms with Crippen molar-refractivity contribution in [1.29, 1.82) is 0 Å². The SMILES string of the molecule is CCO[C@H]1CC[C@H]([C@](NCc2cccnc2)(C(=O)NO)S(=O)(=O)c2ccc(OC)cc2)CC1.Cl. The van der Waals surface area contributed by atoms with E-state index in [1.165, 1.54) is 31.4 Å². The van der Waals surface area contributed by atoms with Crippen LogP contribution in [0.5, 0.6) is 5.75 Å². The molecule has 0 unspecified atom stereocenters. The first-order valence-corrected chi connectivity index (χ1v) is 12.5. The Morgan fingerprint density at radius 3 is 2.38 bits per heavy atom. The van der Waals surface area contributed by atoms with Gasteiger partial charge in [0.1, 0.15) is 5.75 Å². The molecule has 188 valence electrons. The fourth-order valence-electron chi connectivity index (χ4n) is 4.48. The lowest BCUT2D eigenvalue weighted by Gasteiger charge is -2.42. The Bertz CT molecular complexity index is 1010. The van der Waals surface area contributed by atoms with Crippen LogP contribution in [-0.4, -0.2) is 49.2 Å². The number of carbonyl (C=O) groups excluding carboxylic acids is 1. The summed E-state index contributed by atoms with van der Waals surface area (Å²) in [5, 5.41) is 12.7. The van der Waals surface area contributed by atoms with E-state index in [9.17, 15) is 18.4 Å².